The normalized spacial score (nSPS) is 18.2. The van der Waals surface area contributed by atoms with Gasteiger partial charge in [0, 0.05) is 11.0 Å². The van der Waals surface area contributed by atoms with Crippen LogP contribution in [-0.2, 0) is 16.1 Å². The van der Waals surface area contributed by atoms with Crippen LogP contribution in [0.5, 0.6) is 0 Å². The van der Waals surface area contributed by atoms with Crippen LogP contribution in [0.25, 0.3) is 0 Å². The predicted octanol–water partition coefficient (Wildman–Crippen LogP) is 2.65. The number of nitrogens with zero attached hydrogens (tertiary/aromatic N) is 1. The molecule has 2 aromatic carbocycles. The second-order valence-electron chi connectivity index (χ2n) is 5.20. The first-order valence-electron chi connectivity index (χ1n) is 7.01. The van der Waals surface area contributed by atoms with Gasteiger partial charge in [-0.05, 0) is 17.2 Å². The molecule has 1 saturated heterocycles. The Morgan fingerprint density at radius 3 is 2.45 bits per heavy atom. The van der Waals surface area contributed by atoms with Gasteiger partial charge in [-0.2, -0.15) is 0 Å². The lowest BCUT2D eigenvalue weighted by Crippen LogP contribution is -2.53. The van der Waals surface area contributed by atoms with E-state index in [-0.39, 0.29) is 18.4 Å². The van der Waals surface area contributed by atoms with E-state index in [2.05, 4.69) is 21.2 Å². The number of carbonyl (C=O) groups is 2. The van der Waals surface area contributed by atoms with Crippen molar-refractivity contribution in [2.75, 3.05) is 6.54 Å². The van der Waals surface area contributed by atoms with E-state index in [1.54, 1.807) is 4.90 Å². The van der Waals surface area contributed by atoms with Gasteiger partial charge in [0.05, 0.1) is 6.54 Å². The number of hydrogen-bond donors (Lipinski definition) is 1. The van der Waals surface area contributed by atoms with Crippen molar-refractivity contribution in [2.24, 2.45) is 0 Å². The molecule has 1 unspecified atom stereocenters. The van der Waals surface area contributed by atoms with Gasteiger partial charge in [-0.1, -0.05) is 64.5 Å². The van der Waals surface area contributed by atoms with Crippen LogP contribution in [0, 0.1) is 0 Å². The first-order chi connectivity index (χ1) is 10.6. The highest BCUT2D eigenvalue weighted by Crippen LogP contribution is 2.27. The van der Waals surface area contributed by atoms with Crippen molar-refractivity contribution in [1.29, 1.82) is 0 Å². The van der Waals surface area contributed by atoms with E-state index >= 15 is 0 Å². The summed E-state index contributed by atoms with van der Waals surface area (Å²) in [6, 6.07) is 16.5. The van der Waals surface area contributed by atoms with E-state index in [0.717, 1.165) is 15.6 Å². The molecule has 3 rings (SSSR count). The quantitative estimate of drug-likeness (QED) is 0.916. The minimum atomic E-state index is -0.638. The molecule has 5 heteroatoms. The number of benzene rings is 2. The summed E-state index contributed by atoms with van der Waals surface area (Å²) in [5.41, 5.74) is 1.79. The molecule has 2 aromatic rings. The fraction of sp³-hybridized carbons (Fsp3) is 0.176. The van der Waals surface area contributed by atoms with Gasteiger partial charge in [0.1, 0.15) is 6.04 Å². The molecule has 1 N–H and O–H groups in total. The Morgan fingerprint density at radius 1 is 1.05 bits per heavy atom. The third kappa shape index (κ3) is 3.04. The summed E-state index contributed by atoms with van der Waals surface area (Å²) in [5.74, 6) is -0.230. The molecule has 1 fully saturated rings. The molecule has 1 aliphatic heterocycles. The number of hydrogen-bond acceptors (Lipinski definition) is 2. The Kier molecular flexibility index (Phi) is 4.24. The van der Waals surface area contributed by atoms with Crippen molar-refractivity contribution in [1.82, 2.24) is 10.2 Å². The number of rotatable bonds is 3. The molecule has 0 bridgehead atoms. The lowest BCUT2D eigenvalue weighted by Gasteiger charge is -2.33. The van der Waals surface area contributed by atoms with Crippen molar-refractivity contribution in [3.8, 4) is 0 Å². The maximum absolute atomic E-state index is 12.7. The fourth-order valence-electron chi connectivity index (χ4n) is 2.56. The van der Waals surface area contributed by atoms with Crippen molar-refractivity contribution in [3.63, 3.8) is 0 Å². The third-order valence-electron chi connectivity index (χ3n) is 3.63. The number of piperazine rings is 1. The zero-order chi connectivity index (χ0) is 15.5. The molecule has 0 aliphatic carbocycles. The molecule has 1 atom stereocenters. The van der Waals surface area contributed by atoms with Gasteiger partial charge in [-0.15, -0.1) is 0 Å². The Hall–Kier alpha value is -2.14. The molecular weight excluding hydrogens is 344 g/mol. The maximum atomic E-state index is 12.7. The SMILES string of the molecule is O=C1CN(Cc2ccccc2)C(=O)C(c2ccccc2Br)N1. The van der Waals surface area contributed by atoms with Crippen molar-refractivity contribution < 1.29 is 9.59 Å². The minimum Gasteiger partial charge on any atom is -0.339 e. The Labute approximate surface area is 137 Å². The van der Waals surface area contributed by atoms with E-state index < -0.39 is 6.04 Å². The highest BCUT2D eigenvalue weighted by atomic mass is 79.9. The van der Waals surface area contributed by atoms with E-state index in [9.17, 15) is 9.59 Å². The molecule has 2 amide bonds. The zero-order valence-electron chi connectivity index (χ0n) is 11.8. The molecular formula is C17H15BrN2O2. The van der Waals surface area contributed by atoms with Crippen LogP contribution >= 0.6 is 15.9 Å². The number of halogens is 1. The predicted molar refractivity (Wildman–Crippen MR) is 86.9 cm³/mol. The van der Waals surface area contributed by atoms with Gasteiger partial charge < -0.3 is 10.2 Å². The zero-order valence-corrected chi connectivity index (χ0v) is 13.4. The lowest BCUT2D eigenvalue weighted by molar-refractivity contribution is -0.145. The summed E-state index contributed by atoms with van der Waals surface area (Å²) in [7, 11) is 0. The Morgan fingerprint density at radius 2 is 1.73 bits per heavy atom. The summed E-state index contributed by atoms with van der Waals surface area (Å²) >= 11 is 3.44. The highest BCUT2D eigenvalue weighted by molar-refractivity contribution is 9.10. The van der Waals surface area contributed by atoms with E-state index in [4.69, 9.17) is 0 Å². The minimum absolute atomic E-state index is 0.0876. The van der Waals surface area contributed by atoms with Crippen LogP contribution in [0.4, 0.5) is 0 Å². The summed E-state index contributed by atoms with van der Waals surface area (Å²) in [6.45, 7) is 0.530. The van der Waals surface area contributed by atoms with Gasteiger partial charge in [0.2, 0.25) is 5.91 Å². The lowest BCUT2D eigenvalue weighted by atomic mass is 10.0. The summed E-state index contributed by atoms with van der Waals surface area (Å²) < 4.78 is 0.815. The van der Waals surface area contributed by atoms with Crippen LogP contribution in [-0.4, -0.2) is 23.3 Å². The maximum Gasteiger partial charge on any atom is 0.250 e. The molecule has 1 aliphatic rings. The smallest absolute Gasteiger partial charge is 0.250 e. The second kappa shape index (κ2) is 6.32. The standard InChI is InChI=1S/C17H15BrN2O2/c18-14-9-5-4-8-13(14)16-17(22)20(11-15(21)19-16)10-12-6-2-1-3-7-12/h1-9,16H,10-11H2,(H,19,21). The largest absolute Gasteiger partial charge is 0.339 e. The summed E-state index contributed by atoms with van der Waals surface area (Å²) in [6.07, 6.45) is 0. The van der Waals surface area contributed by atoms with Gasteiger partial charge in [0.15, 0.2) is 0 Å². The van der Waals surface area contributed by atoms with Gasteiger partial charge in [-0.3, -0.25) is 9.59 Å². The van der Waals surface area contributed by atoms with Crippen molar-refractivity contribution in [3.05, 3.63) is 70.2 Å². The average Bonchev–Trinajstić information content (AvgIpc) is 2.52. The first kappa shape index (κ1) is 14.8. The van der Waals surface area contributed by atoms with Crippen LogP contribution < -0.4 is 5.32 Å². The Bertz CT molecular complexity index is 703. The molecule has 1 heterocycles. The van der Waals surface area contributed by atoms with Crippen LogP contribution in [0.2, 0.25) is 0 Å². The van der Waals surface area contributed by atoms with Crippen LogP contribution in [0.15, 0.2) is 59.1 Å². The number of amides is 2. The van der Waals surface area contributed by atoms with Crippen LogP contribution in [0.1, 0.15) is 17.2 Å². The van der Waals surface area contributed by atoms with Crippen LogP contribution in [0.3, 0.4) is 0 Å². The topological polar surface area (TPSA) is 49.4 Å². The molecule has 4 nitrogen and oxygen atoms in total. The monoisotopic (exact) mass is 358 g/mol. The Balaban J connectivity index is 1.86. The summed E-state index contributed by atoms with van der Waals surface area (Å²) in [4.78, 5) is 26.3. The average molecular weight is 359 g/mol. The third-order valence-corrected chi connectivity index (χ3v) is 4.35. The first-order valence-corrected chi connectivity index (χ1v) is 7.81. The molecule has 0 aromatic heterocycles. The van der Waals surface area contributed by atoms with Gasteiger partial charge in [-0.25, -0.2) is 0 Å². The van der Waals surface area contributed by atoms with E-state index in [1.807, 2.05) is 54.6 Å². The molecule has 22 heavy (non-hydrogen) atoms. The molecule has 0 spiro atoms. The van der Waals surface area contributed by atoms with Gasteiger partial charge >= 0.3 is 0 Å². The van der Waals surface area contributed by atoms with E-state index in [0.29, 0.717) is 6.54 Å². The summed E-state index contributed by atoms with van der Waals surface area (Å²) in [5, 5.41) is 2.78. The fourth-order valence-corrected chi connectivity index (χ4v) is 3.07. The number of nitrogens with one attached hydrogen (secondary N) is 1. The highest BCUT2D eigenvalue weighted by Gasteiger charge is 2.34. The number of carbonyl (C=O) groups excluding carboxylic acids is 2. The molecule has 0 saturated carbocycles. The molecule has 112 valence electrons. The van der Waals surface area contributed by atoms with Gasteiger partial charge in [0.25, 0.3) is 5.91 Å². The van der Waals surface area contributed by atoms with Crippen molar-refractivity contribution >= 4 is 27.7 Å². The molecule has 0 radical (unpaired) electrons. The second-order valence-corrected chi connectivity index (χ2v) is 6.06. The van der Waals surface area contributed by atoms with E-state index in [1.165, 1.54) is 0 Å². The van der Waals surface area contributed by atoms with Crippen molar-refractivity contribution in [2.45, 2.75) is 12.6 Å².